The lowest BCUT2D eigenvalue weighted by Gasteiger charge is -2.60. The standard InChI is InChI=1S/C20H24FN3O/c21-17-3-1-15(2-4-17)18-16(11-23-24-18)10-22-19-6-13-5-14(7-19)9-20(25,8-13)12-19/h1-4,11,13-14,22,25H,5-10,12H2,(H,23,24)/t13-,14+,19?,20?. The third kappa shape index (κ3) is 2.70. The summed E-state index contributed by atoms with van der Waals surface area (Å²) in [6.45, 7) is 0.721. The molecule has 25 heavy (non-hydrogen) atoms. The number of hydrogen-bond donors (Lipinski definition) is 3. The number of aromatic nitrogens is 2. The zero-order valence-electron chi connectivity index (χ0n) is 14.3. The number of nitrogens with zero attached hydrogens (tertiary/aromatic N) is 1. The van der Waals surface area contributed by atoms with E-state index in [2.05, 4.69) is 15.5 Å². The molecule has 5 heteroatoms. The second-order valence-corrected chi connectivity index (χ2v) is 8.60. The van der Waals surface area contributed by atoms with E-state index in [4.69, 9.17) is 0 Å². The third-order valence-corrected chi connectivity index (χ3v) is 6.53. The van der Waals surface area contributed by atoms with Crippen LogP contribution in [0, 0.1) is 17.7 Å². The quantitative estimate of drug-likeness (QED) is 0.799. The molecule has 0 radical (unpaired) electrons. The Balaban J connectivity index is 1.36. The van der Waals surface area contributed by atoms with Crippen LogP contribution in [0.4, 0.5) is 4.39 Å². The number of nitrogens with one attached hydrogen (secondary N) is 2. The van der Waals surface area contributed by atoms with Crippen LogP contribution in [0.15, 0.2) is 30.5 Å². The first-order chi connectivity index (χ1) is 12.0. The summed E-state index contributed by atoms with van der Waals surface area (Å²) in [6.07, 6.45) is 8.33. The SMILES string of the molecule is OC12C[C@H]3C[C@@H](C1)CC(NCc1cn[nH]c1-c1ccc(F)cc1)(C3)C2. The molecule has 4 bridgehead atoms. The largest absolute Gasteiger partial charge is 0.390 e. The molecule has 132 valence electrons. The summed E-state index contributed by atoms with van der Waals surface area (Å²) < 4.78 is 13.2. The molecule has 1 aromatic carbocycles. The summed E-state index contributed by atoms with van der Waals surface area (Å²) in [5, 5.41) is 21.9. The van der Waals surface area contributed by atoms with Crippen molar-refractivity contribution >= 4 is 0 Å². The van der Waals surface area contributed by atoms with Gasteiger partial charge in [0.05, 0.1) is 17.5 Å². The van der Waals surface area contributed by atoms with Crippen molar-refractivity contribution in [1.82, 2.24) is 15.5 Å². The van der Waals surface area contributed by atoms with E-state index in [1.54, 1.807) is 12.1 Å². The van der Waals surface area contributed by atoms with Gasteiger partial charge in [0.1, 0.15) is 5.82 Å². The normalized spacial score (nSPS) is 36.1. The van der Waals surface area contributed by atoms with E-state index in [1.165, 1.54) is 31.4 Å². The number of hydrogen-bond acceptors (Lipinski definition) is 3. The van der Waals surface area contributed by atoms with Crippen LogP contribution in [0.2, 0.25) is 0 Å². The smallest absolute Gasteiger partial charge is 0.123 e. The molecule has 6 rings (SSSR count). The first kappa shape index (κ1) is 15.5. The molecule has 2 aromatic rings. The number of rotatable bonds is 4. The third-order valence-electron chi connectivity index (χ3n) is 6.53. The van der Waals surface area contributed by atoms with Gasteiger partial charge < -0.3 is 10.4 Å². The molecule has 4 atom stereocenters. The summed E-state index contributed by atoms with van der Waals surface area (Å²) in [6, 6.07) is 6.50. The fraction of sp³-hybridized carbons (Fsp3) is 0.550. The molecule has 4 aliphatic carbocycles. The van der Waals surface area contributed by atoms with Gasteiger partial charge in [0.2, 0.25) is 0 Å². The van der Waals surface area contributed by atoms with Gasteiger partial charge in [-0.15, -0.1) is 0 Å². The van der Waals surface area contributed by atoms with Crippen LogP contribution < -0.4 is 5.32 Å². The van der Waals surface area contributed by atoms with Gasteiger partial charge in [-0.05, 0) is 74.6 Å². The van der Waals surface area contributed by atoms with Crippen LogP contribution in [0.1, 0.15) is 44.1 Å². The lowest BCUT2D eigenvalue weighted by atomic mass is 9.51. The summed E-state index contributed by atoms with van der Waals surface area (Å²) in [4.78, 5) is 0. The molecular formula is C20H24FN3O. The molecule has 0 aliphatic heterocycles. The van der Waals surface area contributed by atoms with Crippen molar-refractivity contribution in [2.45, 2.75) is 56.2 Å². The van der Waals surface area contributed by atoms with E-state index in [0.717, 1.165) is 42.6 Å². The van der Waals surface area contributed by atoms with Crippen LogP contribution >= 0.6 is 0 Å². The Morgan fingerprint density at radius 2 is 1.88 bits per heavy atom. The highest BCUT2D eigenvalue weighted by Gasteiger charge is 2.56. The van der Waals surface area contributed by atoms with Crippen LogP contribution in [-0.2, 0) is 6.54 Å². The van der Waals surface area contributed by atoms with Crippen molar-refractivity contribution in [3.8, 4) is 11.3 Å². The predicted octanol–water partition coefficient (Wildman–Crippen LogP) is 3.39. The maximum absolute atomic E-state index is 13.2. The van der Waals surface area contributed by atoms with Crippen molar-refractivity contribution in [2.24, 2.45) is 11.8 Å². The average molecular weight is 341 g/mol. The molecule has 4 fully saturated rings. The van der Waals surface area contributed by atoms with Gasteiger partial charge in [-0.25, -0.2) is 4.39 Å². The highest BCUT2D eigenvalue weighted by molar-refractivity contribution is 5.62. The van der Waals surface area contributed by atoms with Crippen molar-refractivity contribution in [3.63, 3.8) is 0 Å². The number of aromatic amines is 1. The molecule has 1 aromatic heterocycles. The minimum atomic E-state index is -0.451. The van der Waals surface area contributed by atoms with Crippen molar-refractivity contribution in [3.05, 3.63) is 41.8 Å². The summed E-state index contributed by atoms with van der Waals surface area (Å²) >= 11 is 0. The van der Waals surface area contributed by atoms with E-state index in [0.29, 0.717) is 11.8 Å². The Hall–Kier alpha value is -1.72. The maximum Gasteiger partial charge on any atom is 0.123 e. The second kappa shape index (κ2) is 5.39. The Labute approximate surface area is 146 Å². The van der Waals surface area contributed by atoms with Gasteiger partial charge in [-0.3, -0.25) is 5.10 Å². The van der Waals surface area contributed by atoms with Crippen LogP contribution in [0.5, 0.6) is 0 Å². The highest BCUT2D eigenvalue weighted by atomic mass is 19.1. The Kier molecular flexibility index (Phi) is 3.35. The number of benzene rings is 1. The van der Waals surface area contributed by atoms with Gasteiger partial charge in [0.25, 0.3) is 0 Å². The van der Waals surface area contributed by atoms with Crippen LogP contribution in [-0.4, -0.2) is 26.4 Å². The molecule has 0 spiro atoms. The lowest BCUT2D eigenvalue weighted by molar-refractivity contribution is -0.142. The average Bonchev–Trinajstić information content (AvgIpc) is 3.00. The summed E-state index contributed by atoms with van der Waals surface area (Å²) in [5.41, 5.74) is 2.59. The molecule has 4 saturated carbocycles. The monoisotopic (exact) mass is 341 g/mol. The maximum atomic E-state index is 13.2. The first-order valence-corrected chi connectivity index (χ1v) is 9.28. The molecule has 0 amide bonds. The first-order valence-electron chi connectivity index (χ1n) is 9.28. The molecular weight excluding hydrogens is 317 g/mol. The molecule has 4 nitrogen and oxygen atoms in total. The van der Waals surface area contributed by atoms with Crippen molar-refractivity contribution in [2.75, 3.05) is 0 Å². The molecule has 3 N–H and O–H groups in total. The van der Waals surface area contributed by atoms with Gasteiger partial charge in [-0.2, -0.15) is 5.10 Å². The summed E-state index contributed by atoms with van der Waals surface area (Å²) in [5.74, 6) is 1.10. The molecule has 1 heterocycles. The Morgan fingerprint density at radius 1 is 1.16 bits per heavy atom. The Morgan fingerprint density at radius 3 is 2.56 bits per heavy atom. The van der Waals surface area contributed by atoms with E-state index in [-0.39, 0.29) is 11.4 Å². The van der Waals surface area contributed by atoms with Crippen LogP contribution in [0.25, 0.3) is 11.3 Å². The van der Waals surface area contributed by atoms with E-state index in [9.17, 15) is 9.50 Å². The van der Waals surface area contributed by atoms with E-state index >= 15 is 0 Å². The van der Waals surface area contributed by atoms with Gasteiger partial charge >= 0.3 is 0 Å². The van der Waals surface area contributed by atoms with Gasteiger partial charge in [0, 0.05) is 23.2 Å². The highest BCUT2D eigenvalue weighted by Crippen LogP contribution is 2.57. The second-order valence-electron chi connectivity index (χ2n) is 8.60. The van der Waals surface area contributed by atoms with Gasteiger partial charge in [0.15, 0.2) is 0 Å². The zero-order valence-corrected chi connectivity index (χ0v) is 14.3. The predicted molar refractivity (Wildman–Crippen MR) is 93.2 cm³/mol. The lowest BCUT2D eigenvalue weighted by Crippen LogP contribution is -2.64. The fourth-order valence-electron chi connectivity index (χ4n) is 6.02. The van der Waals surface area contributed by atoms with E-state index in [1.807, 2.05) is 6.20 Å². The topological polar surface area (TPSA) is 60.9 Å². The summed E-state index contributed by atoms with van der Waals surface area (Å²) in [7, 11) is 0. The number of halogens is 1. The van der Waals surface area contributed by atoms with E-state index < -0.39 is 5.60 Å². The fourth-order valence-corrected chi connectivity index (χ4v) is 6.02. The molecule has 0 saturated heterocycles. The van der Waals surface area contributed by atoms with Crippen molar-refractivity contribution < 1.29 is 9.50 Å². The van der Waals surface area contributed by atoms with Crippen LogP contribution in [0.3, 0.4) is 0 Å². The molecule has 2 unspecified atom stereocenters. The minimum Gasteiger partial charge on any atom is -0.390 e. The minimum absolute atomic E-state index is 0.0656. The Bertz CT molecular complexity index is 770. The number of H-pyrrole nitrogens is 1. The van der Waals surface area contributed by atoms with Crippen molar-refractivity contribution in [1.29, 1.82) is 0 Å². The molecule has 4 aliphatic rings. The van der Waals surface area contributed by atoms with Gasteiger partial charge in [-0.1, -0.05) is 0 Å². The zero-order chi connectivity index (χ0) is 17.1. The number of aliphatic hydroxyl groups is 1.